The number of nitrogens with zero attached hydrogens (tertiary/aromatic N) is 3. The summed E-state index contributed by atoms with van der Waals surface area (Å²) in [5.74, 6) is 0. The first-order valence-electron chi connectivity index (χ1n) is 22.5. The van der Waals surface area contributed by atoms with Crippen LogP contribution in [0.1, 0.15) is 0 Å². The zero-order valence-corrected chi connectivity index (χ0v) is 51.9. The molecule has 0 spiro atoms. The molecule has 0 amide bonds. The van der Waals surface area contributed by atoms with Gasteiger partial charge in [-0.1, -0.05) is 26.1 Å². The van der Waals surface area contributed by atoms with Crippen LogP contribution in [0, 0.1) is 0 Å². The lowest BCUT2D eigenvalue weighted by atomic mass is 10.1. The summed E-state index contributed by atoms with van der Waals surface area (Å²) < 4.78 is 482. The van der Waals surface area contributed by atoms with Gasteiger partial charge in [-0.3, -0.25) is 4.98 Å². The molecule has 0 radical (unpaired) electrons. The molecular formula is C35H35F24N3O28S8. The molecule has 4 N–H and O–H groups in total. The van der Waals surface area contributed by atoms with Gasteiger partial charge in [0.15, 0.2) is 61.2 Å². The lowest BCUT2D eigenvalue weighted by molar-refractivity contribution is -0.518. The number of aromatic nitrogens is 3. The lowest BCUT2D eigenvalue weighted by Gasteiger charge is -2.13. The van der Waals surface area contributed by atoms with Gasteiger partial charge in [-0.2, -0.15) is 139 Å². The van der Waals surface area contributed by atoms with E-state index < -0.39 is 161 Å². The van der Waals surface area contributed by atoms with Gasteiger partial charge < -0.3 is 52.1 Å². The Bertz CT molecular complexity index is 3650. The van der Waals surface area contributed by atoms with Gasteiger partial charge in [0.25, 0.3) is 0 Å². The molecule has 3 aromatic rings. The van der Waals surface area contributed by atoms with Gasteiger partial charge in [-0.25, -0.2) is 25.3 Å². The Morgan fingerprint density at radius 3 is 0.796 bits per heavy atom. The molecule has 4 aliphatic heterocycles. The maximum Gasteiger partial charge on any atom is 0.571 e. The first-order valence-corrected chi connectivity index (χ1v) is 33.9. The number of aliphatic hydroxyl groups is 4. The Morgan fingerprint density at radius 2 is 0.592 bits per heavy atom. The highest BCUT2D eigenvalue weighted by Crippen LogP contribution is 2.34. The van der Waals surface area contributed by atoms with E-state index in [1.54, 1.807) is 12.4 Å². The minimum atomic E-state index is -6.85. The van der Waals surface area contributed by atoms with Crippen LogP contribution in [0.5, 0.6) is 0 Å². The number of pyridine rings is 3. The van der Waals surface area contributed by atoms with Crippen LogP contribution < -0.4 is 7.94 Å². The van der Waals surface area contributed by atoms with Gasteiger partial charge in [0.2, 0.25) is 6.10 Å². The largest absolute Gasteiger partial charge is 0.741 e. The van der Waals surface area contributed by atoms with E-state index in [0.717, 1.165) is 24.8 Å². The van der Waals surface area contributed by atoms with Gasteiger partial charge in [-0.15, -0.1) is 12.0 Å². The normalized spacial score (nSPS) is 21.8. The summed E-state index contributed by atoms with van der Waals surface area (Å²) in [6.45, 7) is 0.147. The van der Waals surface area contributed by atoms with E-state index in [4.69, 9.17) is 68.1 Å². The third-order valence-electron chi connectivity index (χ3n) is 9.25. The van der Waals surface area contributed by atoms with Crippen molar-refractivity contribution in [1.82, 2.24) is 4.98 Å². The molecule has 0 aromatic carbocycles. The van der Waals surface area contributed by atoms with Gasteiger partial charge in [0.1, 0.15) is 43.2 Å². The quantitative estimate of drug-likeness (QED) is 0.0763. The monoisotopic (exact) mass is 1660 g/mol. The number of ether oxygens (including phenoxy) is 4. The molecule has 0 bridgehead atoms. The fourth-order valence-corrected chi connectivity index (χ4v) is 8.70. The van der Waals surface area contributed by atoms with Crippen LogP contribution >= 0.6 is 0 Å². The zero-order valence-electron chi connectivity index (χ0n) is 45.4. The average molecular weight is 1660 g/mol. The smallest absolute Gasteiger partial charge is 0.571 e. The summed E-state index contributed by atoms with van der Waals surface area (Å²) >= 11 is 0. The summed E-state index contributed by atoms with van der Waals surface area (Å²) in [6.07, 6.45) is 1.11. The summed E-state index contributed by atoms with van der Waals surface area (Å²) in [7, 11) is -48.0. The number of rotatable bonds is 6. The molecule has 98 heavy (non-hydrogen) atoms. The highest BCUT2D eigenvalue weighted by Gasteiger charge is 2.60. The second-order valence-electron chi connectivity index (χ2n) is 16.4. The first-order chi connectivity index (χ1) is 43.2. The van der Waals surface area contributed by atoms with Gasteiger partial charge in [-0.05, 0) is 12.1 Å². The lowest BCUT2D eigenvalue weighted by Crippen LogP contribution is -2.49. The number of hydrogen-bond acceptors (Lipinski definition) is 28. The Morgan fingerprint density at radius 1 is 0.357 bits per heavy atom. The molecular weight excluding hydrogens is 1620 g/mol. The minimum absolute atomic E-state index is 0.104. The van der Waals surface area contributed by atoms with Crippen LogP contribution in [0.4, 0.5) is 105 Å². The molecule has 4 unspecified atom stereocenters. The maximum atomic E-state index is 12.1. The number of alkyl halides is 24. The number of aliphatic hydroxyl groups excluding tert-OH is 3. The van der Waals surface area contributed by atoms with Crippen molar-refractivity contribution in [3.8, 4) is 0 Å². The van der Waals surface area contributed by atoms with Crippen molar-refractivity contribution >= 4 is 80.8 Å². The van der Waals surface area contributed by atoms with E-state index in [1.165, 1.54) is 36.4 Å². The topological polar surface area (TPSA) is 483 Å². The standard InChI is InChI=1S/C7H9F3O6S.2C6H5F3NO2S.C6H10O4.C5H5N.C2F6O5S2.3CHF3O3S/c8-7(9,10)17(12,13)16-4-2-15-5-3(11)1-14-6(4)5;2*7-6(8,9)13(11,12)10-4-2-1-3-5-10;7-3-1-9-6-4(8)2-10-5(3)6;1-2-4-6-5-3-1;3-1(4,5)14(9,10)13-15(11,12)2(6,7)8;3*2-1(3,4)8(5,6)7/h3-6,11H,1-2H2;2*1-5H;3-8H,1-2H2;1-5H;;3*(H,5,6,7)/q;2*+1;;;;;;/p-2/t3?,4?,5-,6-;;;3?,4?,5-,6-;;;;;/m1..1...../s1. The third kappa shape index (κ3) is 30.2. The third-order valence-corrected chi connectivity index (χ3v) is 17.4. The van der Waals surface area contributed by atoms with Crippen LogP contribution in [-0.4, -0.2) is 225 Å². The van der Waals surface area contributed by atoms with Crippen molar-refractivity contribution in [2.45, 2.75) is 92.9 Å². The molecule has 574 valence electrons. The van der Waals surface area contributed by atoms with Crippen LogP contribution in [0.3, 0.4) is 0 Å². The number of hydrogen-bond donors (Lipinski definition) is 3. The molecule has 4 fully saturated rings. The Balaban J connectivity index is 0. The number of halogens is 24. The molecule has 0 saturated carbocycles. The summed E-state index contributed by atoms with van der Waals surface area (Å²) in [5.41, 5.74) is -45.4. The van der Waals surface area contributed by atoms with Crippen molar-refractivity contribution in [1.29, 1.82) is 0 Å². The Kier molecular flexibility index (Phi) is 34.1. The van der Waals surface area contributed by atoms with Crippen LogP contribution in [0.15, 0.2) is 91.8 Å². The van der Waals surface area contributed by atoms with E-state index in [9.17, 15) is 153 Å². The predicted octanol–water partition coefficient (Wildman–Crippen LogP) is 0.679. The highest BCUT2D eigenvalue weighted by molar-refractivity contribution is 8.00. The van der Waals surface area contributed by atoms with Crippen LogP contribution in [0.2, 0.25) is 0 Å². The van der Waals surface area contributed by atoms with Gasteiger partial charge in [0.05, 0.1) is 19.8 Å². The molecule has 0 aliphatic carbocycles. The van der Waals surface area contributed by atoms with Crippen molar-refractivity contribution in [2.75, 3.05) is 26.4 Å². The summed E-state index contributed by atoms with van der Waals surface area (Å²) in [6, 6.07) is 13.3. The fraction of sp³-hybridized carbons (Fsp3) is 0.571. The Hall–Kier alpha value is -5.11. The van der Waals surface area contributed by atoms with E-state index in [-0.39, 0.29) is 46.6 Å². The minimum Gasteiger partial charge on any atom is -0.741 e. The van der Waals surface area contributed by atoms with Crippen molar-refractivity contribution in [2.24, 2.45) is 0 Å². The molecule has 8 atom stereocenters. The second kappa shape index (κ2) is 35.2. The van der Waals surface area contributed by atoms with Gasteiger partial charge in [0, 0.05) is 36.7 Å². The Labute approximate surface area is 531 Å². The summed E-state index contributed by atoms with van der Waals surface area (Å²) in [5, 5.41) is 27.6. The molecule has 7 rings (SSSR count). The van der Waals surface area contributed by atoms with E-state index in [0.29, 0.717) is 0 Å². The fourth-order valence-electron chi connectivity index (χ4n) is 5.08. The van der Waals surface area contributed by atoms with Crippen LogP contribution in [-0.2, 0) is 103 Å². The second-order valence-corrected chi connectivity index (χ2v) is 29.1. The highest BCUT2D eigenvalue weighted by atomic mass is 32.3. The number of fused-ring (bicyclic) bond motifs is 2. The molecule has 63 heteroatoms. The average Bonchev–Trinajstić information content (AvgIpc) is 1.32. The molecule has 3 aromatic heterocycles. The van der Waals surface area contributed by atoms with Crippen molar-refractivity contribution < 1.29 is 236 Å². The van der Waals surface area contributed by atoms with E-state index in [2.05, 4.69) is 9.17 Å². The predicted molar refractivity (Wildman–Crippen MR) is 255 cm³/mol. The SMILES string of the molecule is O=S(=O)(OS(=O)(=O)C(F)(F)F)C(F)(F)F.O=S(=O)([O-])C(F)(F)F.O=S(=O)([O-])C(F)(F)F.O=S(=O)([O-])C(F)(F)F.O=S(=O)([OH+]C1CO[C@@H]2C(O)CO[C@H]12)C(F)(F)F.O=S(=O)([n+]1ccccc1)C(F)(F)F.O=S(=O)([n+]1ccccc1)C(F)(F)F.OC1CO[C@@H]2C(O)CO[C@H]12.c1ccncc1. The van der Waals surface area contributed by atoms with E-state index in [1.807, 2.05) is 21.8 Å². The molecule has 7 heterocycles. The van der Waals surface area contributed by atoms with Gasteiger partial charge >= 0.3 is 94.5 Å². The van der Waals surface area contributed by atoms with Crippen molar-refractivity contribution in [3.05, 3.63) is 91.8 Å². The van der Waals surface area contributed by atoms with Crippen LogP contribution in [0.25, 0.3) is 0 Å². The first kappa shape index (κ1) is 94.9. The maximum absolute atomic E-state index is 12.1. The zero-order chi connectivity index (χ0) is 78.2. The van der Waals surface area contributed by atoms with E-state index >= 15 is 0 Å². The molecule has 4 aliphatic rings. The molecule has 31 nitrogen and oxygen atoms in total. The van der Waals surface area contributed by atoms with Crippen molar-refractivity contribution in [3.63, 3.8) is 0 Å². The molecule has 4 saturated heterocycles. The summed E-state index contributed by atoms with van der Waals surface area (Å²) in [4.78, 5) is 3.78.